The van der Waals surface area contributed by atoms with E-state index in [-0.39, 0.29) is 5.57 Å². The SMILES string of the molecule is CC(=C(C#N)C#N)N1CCOCC1. The first-order chi connectivity index (χ1) is 6.29. The van der Waals surface area contributed by atoms with Gasteiger partial charge in [0.25, 0.3) is 0 Å². The van der Waals surface area contributed by atoms with Crippen LogP contribution in [0.2, 0.25) is 0 Å². The highest BCUT2D eigenvalue weighted by Gasteiger charge is 2.13. The van der Waals surface area contributed by atoms with E-state index in [1.807, 2.05) is 17.0 Å². The summed E-state index contributed by atoms with van der Waals surface area (Å²) in [6.45, 7) is 4.66. The molecule has 0 unspecified atom stereocenters. The molecule has 0 aliphatic carbocycles. The number of ether oxygens (including phenoxy) is 1. The standard InChI is InChI=1S/C9H11N3O/c1-8(9(6-10)7-11)12-2-4-13-5-3-12/h2-5H2,1H3. The van der Waals surface area contributed by atoms with Gasteiger partial charge in [-0.1, -0.05) is 0 Å². The van der Waals surface area contributed by atoms with Crippen molar-refractivity contribution in [3.63, 3.8) is 0 Å². The molecular formula is C9H11N3O. The quantitative estimate of drug-likeness (QED) is 0.551. The zero-order valence-corrected chi connectivity index (χ0v) is 7.58. The van der Waals surface area contributed by atoms with Gasteiger partial charge in [-0.05, 0) is 6.92 Å². The fourth-order valence-corrected chi connectivity index (χ4v) is 1.24. The Morgan fingerprint density at radius 2 is 1.77 bits per heavy atom. The maximum absolute atomic E-state index is 8.64. The summed E-state index contributed by atoms with van der Waals surface area (Å²) in [6.07, 6.45) is 0. The van der Waals surface area contributed by atoms with Crippen LogP contribution in [0.25, 0.3) is 0 Å². The van der Waals surface area contributed by atoms with Gasteiger partial charge in [-0.3, -0.25) is 0 Å². The van der Waals surface area contributed by atoms with E-state index in [1.54, 1.807) is 6.92 Å². The maximum atomic E-state index is 8.64. The molecule has 0 N–H and O–H groups in total. The van der Waals surface area contributed by atoms with Gasteiger partial charge < -0.3 is 9.64 Å². The first-order valence-electron chi connectivity index (χ1n) is 4.13. The Labute approximate surface area is 77.6 Å². The molecule has 1 rings (SSSR count). The number of hydrogen-bond acceptors (Lipinski definition) is 4. The highest BCUT2D eigenvalue weighted by atomic mass is 16.5. The van der Waals surface area contributed by atoms with E-state index in [0.29, 0.717) is 13.2 Å². The molecule has 13 heavy (non-hydrogen) atoms. The second kappa shape index (κ2) is 4.49. The van der Waals surface area contributed by atoms with Crippen molar-refractivity contribution in [1.29, 1.82) is 10.5 Å². The number of nitriles is 2. The molecule has 0 aromatic carbocycles. The van der Waals surface area contributed by atoms with E-state index in [0.717, 1.165) is 18.8 Å². The Morgan fingerprint density at radius 3 is 2.23 bits per heavy atom. The smallest absolute Gasteiger partial charge is 0.148 e. The van der Waals surface area contributed by atoms with Gasteiger partial charge in [0, 0.05) is 18.8 Å². The van der Waals surface area contributed by atoms with Crippen molar-refractivity contribution < 1.29 is 4.74 Å². The van der Waals surface area contributed by atoms with Gasteiger partial charge in [0.05, 0.1) is 13.2 Å². The molecule has 0 bridgehead atoms. The van der Waals surface area contributed by atoms with Crippen LogP contribution in [0.15, 0.2) is 11.3 Å². The predicted octanol–water partition coefficient (Wildman–Crippen LogP) is 0.640. The minimum absolute atomic E-state index is 0.196. The molecule has 68 valence electrons. The maximum Gasteiger partial charge on any atom is 0.148 e. The van der Waals surface area contributed by atoms with E-state index in [4.69, 9.17) is 15.3 Å². The molecular weight excluding hydrogens is 166 g/mol. The fraction of sp³-hybridized carbons (Fsp3) is 0.556. The number of rotatable bonds is 1. The first-order valence-corrected chi connectivity index (χ1v) is 4.13. The van der Waals surface area contributed by atoms with Crippen LogP contribution in [0.3, 0.4) is 0 Å². The molecule has 0 aromatic rings. The van der Waals surface area contributed by atoms with Crippen LogP contribution in [0, 0.1) is 22.7 Å². The van der Waals surface area contributed by atoms with Crippen molar-refractivity contribution in [2.75, 3.05) is 26.3 Å². The average Bonchev–Trinajstić information content (AvgIpc) is 2.21. The third-order valence-electron chi connectivity index (χ3n) is 2.07. The molecule has 1 fully saturated rings. The van der Waals surface area contributed by atoms with Gasteiger partial charge in [-0.15, -0.1) is 0 Å². The second-order valence-electron chi connectivity index (χ2n) is 2.78. The molecule has 1 aliphatic heterocycles. The second-order valence-corrected chi connectivity index (χ2v) is 2.78. The molecule has 0 atom stereocenters. The van der Waals surface area contributed by atoms with Crippen molar-refractivity contribution in [3.8, 4) is 12.1 Å². The van der Waals surface area contributed by atoms with Crippen LogP contribution < -0.4 is 0 Å². The Balaban J connectivity index is 2.76. The van der Waals surface area contributed by atoms with Gasteiger partial charge in [0.15, 0.2) is 0 Å². The van der Waals surface area contributed by atoms with Gasteiger partial charge in [-0.25, -0.2) is 0 Å². The van der Waals surface area contributed by atoms with E-state index in [9.17, 15) is 0 Å². The summed E-state index contributed by atoms with van der Waals surface area (Å²) in [5.41, 5.74) is 0.954. The first kappa shape index (κ1) is 9.57. The van der Waals surface area contributed by atoms with Gasteiger partial charge in [0.2, 0.25) is 0 Å². The van der Waals surface area contributed by atoms with Gasteiger partial charge >= 0.3 is 0 Å². The molecule has 4 nitrogen and oxygen atoms in total. The fourth-order valence-electron chi connectivity index (χ4n) is 1.24. The largest absolute Gasteiger partial charge is 0.378 e. The highest BCUT2D eigenvalue weighted by molar-refractivity contribution is 5.38. The molecule has 1 saturated heterocycles. The molecule has 0 radical (unpaired) electrons. The van der Waals surface area contributed by atoms with Crippen molar-refractivity contribution in [1.82, 2.24) is 4.90 Å². The summed E-state index contributed by atoms with van der Waals surface area (Å²) in [6, 6.07) is 3.77. The molecule has 0 amide bonds. The molecule has 0 spiro atoms. The van der Waals surface area contributed by atoms with Crippen LogP contribution in [0.4, 0.5) is 0 Å². The predicted molar refractivity (Wildman–Crippen MR) is 46.3 cm³/mol. The lowest BCUT2D eigenvalue weighted by atomic mass is 10.2. The monoisotopic (exact) mass is 177 g/mol. The summed E-state index contributed by atoms with van der Waals surface area (Å²) in [7, 11) is 0. The zero-order chi connectivity index (χ0) is 9.68. The summed E-state index contributed by atoms with van der Waals surface area (Å²) >= 11 is 0. The summed E-state index contributed by atoms with van der Waals surface area (Å²) in [4.78, 5) is 2.01. The lowest BCUT2D eigenvalue weighted by Crippen LogP contribution is -2.35. The van der Waals surface area contributed by atoms with Crippen LogP contribution >= 0.6 is 0 Å². The lowest BCUT2D eigenvalue weighted by molar-refractivity contribution is 0.0535. The Kier molecular flexibility index (Phi) is 3.31. The van der Waals surface area contributed by atoms with Crippen molar-refractivity contribution >= 4 is 0 Å². The number of nitrogens with zero attached hydrogens (tertiary/aromatic N) is 3. The zero-order valence-electron chi connectivity index (χ0n) is 7.58. The molecule has 0 aromatic heterocycles. The van der Waals surface area contributed by atoms with E-state index in [2.05, 4.69) is 0 Å². The van der Waals surface area contributed by atoms with Crippen LogP contribution in [-0.2, 0) is 4.74 Å². The third-order valence-corrected chi connectivity index (χ3v) is 2.07. The lowest BCUT2D eigenvalue weighted by Gasteiger charge is -2.29. The van der Waals surface area contributed by atoms with E-state index in [1.165, 1.54) is 0 Å². The average molecular weight is 177 g/mol. The molecule has 4 heteroatoms. The summed E-state index contributed by atoms with van der Waals surface area (Å²) in [5, 5.41) is 17.3. The van der Waals surface area contributed by atoms with Crippen molar-refractivity contribution in [3.05, 3.63) is 11.3 Å². The van der Waals surface area contributed by atoms with Crippen molar-refractivity contribution in [2.24, 2.45) is 0 Å². The minimum atomic E-state index is 0.196. The number of morpholine rings is 1. The highest BCUT2D eigenvalue weighted by Crippen LogP contribution is 2.10. The molecule has 0 saturated carbocycles. The Morgan fingerprint density at radius 1 is 1.23 bits per heavy atom. The summed E-state index contributed by atoms with van der Waals surface area (Å²) in [5.74, 6) is 0. The molecule has 1 heterocycles. The van der Waals surface area contributed by atoms with Crippen LogP contribution in [-0.4, -0.2) is 31.2 Å². The van der Waals surface area contributed by atoms with Crippen LogP contribution in [0.5, 0.6) is 0 Å². The van der Waals surface area contributed by atoms with E-state index >= 15 is 0 Å². The number of allylic oxidation sites excluding steroid dienone is 2. The normalized spacial score (nSPS) is 15.8. The Bertz CT molecular complexity index is 273. The van der Waals surface area contributed by atoms with Gasteiger partial charge in [0.1, 0.15) is 17.7 Å². The Hall–Kier alpha value is -1.52. The topological polar surface area (TPSA) is 60.0 Å². The van der Waals surface area contributed by atoms with E-state index < -0.39 is 0 Å². The van der Waals surface area contributed by atoms with Crippen molar-refractivity contribution in [2.45, 2.75) is 6.92 Å². The van der Waals surface area contributed by atoms with Gasteiger partial charge in [-0.2, -0.15) is 10.5 Å². The van der Waals surface area contributed by atoms with Crippen LogP contribution in [0.1, 0.15) is 6.92 Å². The number of hydrogen-bond donors (Lipinski definition) is 0. The minimum Gasteiger partial charge on any atom is -0.378 e. The molecule has 1 aliphatic rings. The summed E-state index contributed by atoms with van der Waals surface area (Å²) < 4.78 is 5.17. The third kappa shape index (κ3) is 2.21.